The lowest BCUT2D eigenvalue weighted by Gasteiger charge is -2.40. The number of carbonyl (C=O) groups excluding carboxylic acids is 1. The van der Waals surface area contributed by atoms with Crippen molar-refractivity contribution in [3.05, 3.63) is 53.1 Å². The summed E-state index contributed by atoms with van der Waals surface area (Å²) in [6, 6.07) is 7.76. The zero-order valence-corrected chi connectivity index (χ0v) is 15.5. The van der Waals surface area contributed by atoms with Gasteiger partial charge in [-0.3, -0.25) is 4.79 Å². The number of hydrogen-bond donors (Lipinski definition) is 0. The first-order chi connectivity index (χ1) is 12.6. The van der Waals surface area contributed by atoms with Crippen molar-refractivity contribution in [1.82, 2.24) is 14.9 Å². The Morgan fingerprint density at radius 2 is 2.08 bits per heavy atom. The van der Waals surface area contributed by atoms with E-state index in [9.17, 15) is 4.79 Å². The molecule has 4 rings (SSSR count). The first kappa shape index (κ1) is 17.0. The van der Waals surface area contributed by atoms with E-state index in [1.807, 2.05) is 42.3 Å². The van der Waals surface area contributed by atoms with Crippen LogP contribution in [0.5, 0.6) is 5.75 Å². The first-order valence-electron chi connectivity index (χ1n) is 9.33. The van der Waals surface area contributed by atoms with Crippen LogP contribution in [0.15, 0.2) is 30.5 Å². The van der Waals surface area contributed by atoms with Gasteiger partial charge >= 0.3 is 0 Å². The van der Waals surface area contributed by atoms with E-state index in [1.165, 1.54) is 11.3 Å². The summed E-state index contributed by atoms with van der Waals surface area (Å²) in [6.45, 7) is 3.57. The number of methoxy groups -OCH3 is 1. The fourth-order valence-electron chi connectivity index (χ4n) is 4.40. The SMILES string of the molecule is COc1ccc(CC(=O)N2CCCC3(CCc4cnc(C)nc43)C2)cc1. The molecule has 2 aromatic rings. The van der Waals surface area contributed by atoms with Crippen molar-refractivity contribution >= 4 is 5.91 Å². The number of amides is 1. The van der Waals surface area contributed by atoms with Gasteiger partial charge in [-0.2, -0.15) is 0 Å². The Kier molecular flexibility index (Phi) is 4.39. The molecular weight excluding hydrogens is 326 g/mol. The van der Waals surface area contributed by atoms with Crippen molar-refractivity contribution in [2.45, 2.75) is 44.4 Å². The molecule has 1 saturated heterocycles. The highest BCUT2D eigenvalue weighted by Gasteiger charge is 2.44. The molecular formula is C21H25N3O2. The standard InChI is InChI=1S/C21H25N3O2/c1-15-22-13-17-8-10-21(20(17)23-15)9-3-11-24(14-21)19(25)12-16-4-6-18(26-2)7-5-16/h4-7,13H,3,8-12,14H2,1-2H3. The maximum atomic E-state index is 12.9. The number of piperidine rings is 1. The fraction of sp³-hybridized carbons (Fsp3) is 0.476. The number of fused-ring (bicyclic) bond motifs is 2. The molecule has 1 aromatic heterocycles. The van der Waals surface area contributed by atoms with Crippen LogP contribution in [0.4, 0.5) is 0 Å². The van der Waals surface area contributed by atoms with Gasteiger partial charge in [0.25, 0.3) is 0 Å². The maximum absolute atomic E-state index is 12.9. The van der Waals surface area contributed by atoms with Crippen LogP contribution in [0.2, 0.25) is 0 Å². The lowest BCUT2D eigenvalue weighted by molar-refractivity contribution is -0.132. The molecule has 26 heavy (non-hydrogen) atoms. The van der Waals surface area contributed by atoms with Crippen LogP contribution in [-0.2, 0) is 23.1 Å². The summed E-state index contributed by atoms with van der Waals surface area (Å²) in [7, 11) is 1.65. The van der Waals surface area contributed by atoms with E-state index in [2.05, 4.69) is 4.98 Å². The molecule has 1 atom stereocenters. The van der Waals surface area contributed by atoms with Crippen molar-refractivity contribution in [3.63, 3.8) is 0 Å². The second-order valence-corrected chi connectivity index (χ2v) is 7.52. The largest absolute Gasteiger partial charge is 0.497 e. The van der Waals surface area contributed by atoms with Crippen LogP contribution in [0.25, 0.3) is 0 Å². The normalized spacial score (nSPS) is 21.7. The first-order valence-corrected chi connectivity index (χ1v) is 9.33. The molecule has 2 aliphatic rings. The van der Waals surface area contributed by atoms with E-state index in [1.54, 1.807) is 7.11 Å². The molecule has 0 bridgehead atoms. The summed E-state index contributed by atoms with van der Waals surface area (Å²) in [4.78, 5) is 24.1. The number of rotatable bonds is 3. The fourth-order valence-corrected chi connectivity index (χ4v) is 4.40. The molecule has 0 saturated carbocycles. The Hall–Kier alpha value is -2.43. The number of aromatic nitrogens is 2. The van der Waals surface area contributed by atoms with Crippen LogP contribution in [0.1, 0.15) is 41.9 Å². The second-order valence-electron chi connectivity index (χ2n) is 7.52. The van der Waals surface area contributed by atoms with Crippen LogP contribution in [0.3, 0.4) is 0 Å². The molecule has 1 aromatic carbocycles. The van der Waals surface area contributed by atoms with Gasteiger partial charge in [-0.1, -0.05) is 12.1 Å². The van der Waals surface area contributed by atoms with E-state index >= 15 is 0 Å². The second kappa shape index (κ2) is 6.71. The van der Waals surface area contributed by atoms with Crippen LogP contribution in [-0.4, -0.2) is 41.0 Å². The topological polar surface area (TPSA) is 55.3 Å². The monoisotopic (exact) mass is 351 g/mol. The minimum absolute atomic E-state index is 0.0247. The molecule has 1 unspecified atom stereocenters. The van der Waals surface area contributed by atoms with Crippen LogP contribution < -0.4 is 4.74 Å². The minimum atomic E-state index is 0.0247. The number of hydrogen-bond acceptors (Lipinski definition) is 4. The van der Waals surface area contributed by atoms with Gasteiger partial charge in [0.1, 0.15) is 11.6 Å². The minimum Gasteiger partial charge on any atom is -0.497 e. The number of carbonyl (C=O) groups is 1. The lowest BCUT2D eigenvalue weighted by Crippen LogP contribution is -2.48. The highest BCUT2D eigenvalue weighted by molar-refractivity contribution is 5.79. The zero-order chi connectivity index (χ0) is 18.1. The smallest absolute Gasteiger partial charge is 0.227 e. The Morgan fingerprint density at radius 1 is 1.27 bits per heavy atom. The van der Waals surface area contributed by atoms with Crippen molar-refractivity contribution in [3.8, 4) is 5.75 Å². The molecule has 0 radical (unpaired) electrons. The van der Waals surface area contributed by atoms with E-state index in [-0.39, 0.29) is 11.3 Å². The Bertz CT molecular complexity index is 815. The maximum Gasteiger partial charge on any atom is 0.227 e. The van der Waals surface area contributed by atoms with E-state index < -0.39 is 0 Å². The molecule has 136 valence electrons. The number of benzene rings is 1. The number of nitrogens with zero attached hydrogens (tertiary/aromatic N) is 3. The Labute approximate surface area is 154 Å². The van der Waals surface area contributed by atoms with E-state index in [4.69, 9.17) is 9.72 Å². The van der Waals surface area contributed by atoms with Gasteiger partial charge in [0.15, 0.2) is 0 Å². The highest BCUT2D eigenvalue weighted by atomic mass is 16.5. The van der Waals surface area contributed by atoms with Crippen LogP contribution in [0, 0.1) is 6.92 Å². The average molecular weight is 351 g/mol. The van der Waals surface area contributed by atoms with Gasteiger partial charge in [-0.05, 0) is 55.9 Å². The molecule has 1 spiro atoms. The third-order valence-electron chi connectivity index (χ3n) is 5.80. The summed E-state index contributed by atoms with van der Waals surface area (Å²) >= 11 is 0. The quantitative estimate of drug-likeness (QED) is 0.853. The lowest BCUT2D eigenvalue weighted by atomic mass is 9.77. The molecule has 2 heterocycles. The molecule has 5 heteroatoms. The summed E-state index contributed by atoms with van der Waals surface area (Å²) in [5.74, 6) is 1.84. The Morgan fingerprint density at radius 3 is 2.85 bits per heavy atom. The molecule has 1 aliphatic heterocycles. The summed E-state index contributed by atoms with van der Waals surface area (Å²) in [5, 5.41) is 0. The predicted molar refractivity (Wildman–Crippen MR) is 99.3 cm³/mol. The van der Waals surface area contributed by atoms with Crippen molar-refractivity contribution in [2.24, 2.45) is 0 Å². The van der Waals surface area contributed by atoms with E-state index in [0.29, 0.717) is 6.42 Å². The van der Waals surface area contributed by atoms with Crippen LogP contribution >= 0.6 is 0 Å². The van der Waals surface area contributed by atoms with Gasteiger partial charge in [-0.15, -0.1) is 0 Å². The molecule has 1 amide bonds. The number of ether oxygens (including phenoxy) is 1. The van der Waals surface area contributed by atoms with E-state index in [0.717, 1.165) is 55.9 Å². The number of aryl methyl sites for hydroxylation is 2. The molecule has 1 fully saturated rings. The van der Waals surface area contributed by atoms with Gasteiger partial charge in [0.05, 0.1) is 19.2 Å². The molecule has 5 nitrogen and oxygen atoms in total. The van der Waals surface area contributed by atoms with Gasteiger partial charge < -0.3 is 9.64 Å². The van der Waals surface area contributed by atoms with Gasteiger partial charge in [0.2, 0.25) is 5.91 Å². The summed E-state index contributed by atoms with van der Waals surface area (Å²) in [6.07, 6.45) is 6.67. The van der Waals surface area contributed by atoms with Crippen molar-refractivity contribution in [1.29, 1.82) is 0 Å². The van der Waals surface area contributed by atoms with Crippen molar-refractivity contribution in [2.75, 3.05) is 20.2 Å². The zero-order valence-electron chi connectivity index (χ0n) is 15.5. The van der Waals surface area contributed by atoms with Gasteiger partial charge in [-0.25, -0.2) is 9.97 Å². The average Bonchev–Trinajstić information content (AvgIpc) is 2.99. The van der Waals surface area contributed by atoms with Crippen molar-refractivity contribution < 1.29 is 9.53 Å². The predicted octanol–water partition coefficient (Wildman–Crippen LogP) is 2.84. The van der Waals surface area contributed by atoms with Gasteiger partial charge in [0, 0.05) is 24.7 Å². The third kappa shape index (κ3) is 3.06. The third-order valence-corrected chi connectivity index (χ3v) is 5.80. The Balaban J connectivity index is 1.50. The number of likely N-dealkylation sites (tertiary alicyclic amines) is 1. The molecule has 1 aliphatic carbocycles. The summed E-state index contributed by atoms with van der Waals surface area (Å²) in [5.41, 5.74) is 3.50. The molecule has 0 N–H and O–H groups in total. The highest BCUT2D eigenvalue weighted by Crippen LogP contribution is 2.43. The summed E-state index contributed by atoms with van der Waals surface area (Å²) < 4.78 is 5.19.